The molecular weight excluding hydrogens is 369 g/mol. The fourth-order valence-electron chi connectivity index (χ4n) is 2.54. The van der Waals surface area contributed by atoms with Crippen LogP contribution in [0.15, 0.2) is 33.2 Å². The first-order valence-electron chi connectivity index (χ1n) is 6.79. The van der Waals surface area contributed by atoms with Crippen LogP contribution in [-0.2, 0) is 4.84 Å². The van der Waals surface area contributed by atoms with Crippen LogP contribution in [0.5, 0.6) is 0 Å². The lowest BCUT2D eigenvalue weighted by Gasteiger charge is -2.23. The number of aryl methyl sites for hydroxylation is 2. The van der Waals surface area contributed by atoms with Gasteiger partial charge in [0.05, 0.1) is 4.88 Å². The molecule has 22 heavy (non-hydrogen) atoms. The van der Waals surface area contributed by atoms with Crippen molar-refractivity contribution in [2.75, 3.05) is 0 Å². The quantitative estimate of drug-likeness (QED) is 0.829. The van der Waals surface area contributed by atoms with Crippen LogP contribution >= 0.6 is 27.3 Å². The summed E-state index contributed by atoms with van der Waals surface area (Å²) in [6.45, 7) is 5.18. The third kappa shape index (κ3) is 2.49. The molecule has 1 N–H and O–H groups in total. The van der Waals surface area contributed by atoms with Crippen LogP contribution in [0.3, 0.4) is 0 Å². The Bertz CT molecular complexity index is 770. The maximum Gasteiger partial charge on any atom is 0.245 e. The molecule has 2 aromatic rings. The largest absolute Gasteiger partial charge is 0.359 e. The normalized spacial score (nSPS) is 24.3. The summed E-state index contributed by atoms with van der Waals surface area (Å²) in [4.78, 5) is 5.62. The average Bonchev–Trinajstić information content (AvgIpc) is 2.94. The molecule has 0 radical (unpaired) electrons. The molecule has 1 aromatic carbocycles. The maximum atomic E-state index is 14.4. The number of benzene rings is 1. The number of aliphatic hydroxyl groups is 1. The van der Waals surface area contributed by atoms with E-state index in [-0.39, 0.29) is 5.82 Å². The van der Waals surface area contributed by atoms with Crippen LogP contribution in [0.1, 0.15) is 34.4 Å². The van der Waals surface area contributed by atoms with E-state index < -0.39 is 11.7 Å². The van der Waals surface area contributed by atoms with E-state index in [4.69, 9.17) is 4.84 Å². The van der Waals surface area contributed by atoms with E-state index in [1.165, 1.54) is 18.3 Å². The molecule has 0 fully saturated rings. The van der Waals surface area contributed by atoms with Crippen molar-refractivity contribution >= 4 is 33.0 Å². The molecule has 0 amide bonds. The van der Waals surface area contributed by atoms with Crippen molar-refractivity contribution in [3.05, 3.63) is 55.4 Å². The highest BCUT2D eigenvalue weighted by molar-refractivity contribution is 9.10. The highest BCUT2D eigenvalue weighted by Crippen LogP contribution is 2.42. The van der Waals surface area contributed by atoms with Gasteiger partial charge in [-0.2, -0.15) is 0 Å². The van der Waals surface area contributed by atoms with Gasteiger partial charge in [-0.1, -0.05) is 27.2 Å². The molecule has 3 nitrogen and oxygen atoms in total. The number of halogens is 2. The molecule has 0 bridgehead atoms. The van der Waals surface area contributed by atoms with E-state index in [0.29, 0.717) is 16.2 Å². The Labute approximate surface area is 140 Å². The van der Waals surface area contributed by atoms with Gasteiger partial charge in [0.1, 0.15) is 17.4 Å². The predicted molar refractivity (Wildman–Crippen MR) is 88.9 cm³/mol. The zero-order valence-electron chi connectivity index (χ0n) is 12.4. The van der Waals surface area contributed by atoms with Crippen LogP contribution < -0.4 is 0 Å². The molecule has 2 atom stereocenters. The van der Waals surface area contributed by atoms with Gasteiger partial charge in [0.15, 0.2) is 0 Å². The lowest BCUT2D eigenvalue weighted by Crippen LogP contribution is -2.34. The number of hydrogen-bond donors (Lipinski definition) is 1. The lowest BCUT2D eigenvalue weighted by atomic mass is 9.88. The molecule has 6 heteroatoms. The Morgan fingerprint density at radius 1 is 1.36 bits per heavy atom. The zero-order chi connectivity index (χ0) is 16.1. The molecule has 2 heterocycles. The Hall–Kier alpha value is -1.24. The predicted octanol–water partition coefficient (Wildman–Crippen LogP) is 4.49. The van der Waals surface area contributed by atoms with Crippen molar-refractivity contribution in [3.8, 4) is 0 Å². The van der Waals surface area contributed by atoms with Gasteiger partial charge in [-0.25, -0.2) is 4.39 Å². The molecular formula is C16H15BrFNO2S. The van der Waals surface area contributed by atoms with Crippen molar-refractivity contribution in [2.45, 2.75) is 32.5 Å². The molecule has 1 aromatic heterocycles. The number of nitrogens with zero attached hydrogens (tertiary/aromatic N) is 1. The second-order valence-corrected chi connectivity index (χ2v) is 7.38. The summed E-state index contributed by atoms with van der Waals surface area (Å²) >= 11 is 4.73. The lowest BCUT2D eigenvalue weighted by molar-refractivity contribution is -0.179. The van der Waals surface area contributed by atoms with Gasteiger partial charge in [-0.15, -0.1) is 11.3 Å². The molecule has 1 aliphatic heterocycles. The molecule has 3 rings (SSSR count). The molecule has 0 saturated carbocycles. The number of rotatable bonds is 2. The summed E-state index contributed by atoms with van der Waals surface area (Å²) in [7, 11) is 0. The first-order chi connectivity index (χ1) is 10.3. The van der Waals surface area contributed by atoms with Crippen LogP contribution in [0.25, 0.3) is 0 Å². The monoisotopic (exact) mass is 383 g/mol. The number of oxime groups is 1. The van der Waals surface area contributed by atoms with E-state index in [1.54, 1.807) is 12.3 Å². The van der Waals surface area contributed by atoms with Crippen LogP contribution in [-0.4, -0.2) is 16.6 Å². The molecule has 116 valence electrons. The SMILES string of the molecule is Cc1cc(C2=NOC(C)(O)C2c2scc(C)c2F)ccc1Br. The fourth-order valence-corrected chi connectivity index (χ4v) is 3.92. The zero-order valence-corrected chi connectivity index (χ0v) is 14.8. The van der Waals surface area contributed by atoms with E-state index >= 15 is 0 Å². The van der Waals surface area contributed by atoms with Gasteiger partial charge in [-0.3, -0.25) is 0 Å². The van der Waals surface area contributed by atoms with Gasteiger partial charge in [0.2, 0.25) is 5.79 Å². The minimum atomic E-state index is -1.56. The van der Waals surface area contributed by atoms with Gasteiger partial charge in [-0.05, 0) is 42.5 Å². The minimum Gasteiger partial charge on any atom is -0.359 e. The van der Waals surface area contributed by atoms with Crippen molar-refractivity contribution < 1.29 is 14.3 Å². The Kier molecular flexibility index (Phi) is 3.87. The van der Waals surface area contributed by atoms with Gasteiger partial charge in [0, 0.05) is 17.0 Å². The third-order valence-electron chi connectivity index (χ3n) is 3.78. The summed E-state index contributed by atoms with van der Waals surface area (Å²) in [6, 6.07) is 5.73. The summed E-state index contributed by atoms with van der Waals surface area (Å²) in [6.07, 6.45) is 0. The van der Waals surface area contributed by atoms with Crippen LogP contribution in [0.4, 0.5) is 4.39 Å². The van der Waals surface area contributed by atoms with E-state index in [2.05, 4.69) is 21.1 Å². The highest BCUT2D eigenvalue weighted by atomic mass is 79.9. The minimum absolute atomic E-state index is 0.303. The molecule has 0 spiro atoms. The molecule has 0 saturated heterocycles. The van der Waals surface area contributed by atoms with Crippen LogP contribution in [0, 0.1) is 19.7 Å². The van der Waals surface area contributed by atoms with Crippen molar-refractivity contribution in [3.63, 3.8) is 0 Å². The Balaban J connectivity index is 2.10. The van der Waals surface area contributed by atoms with E-state index in [1.807, 2.05) is 25.1 Å². The Morgan fingerprint density at radius 3 is 2.68 bits per heavy atom. The molecule has 1 aliphatic rings. The maximum absolute atomic E-state index is 14.4. The highest BCUT2D eigenvalue weighted by Gasteiger charge is 2.47. The Morgan fingerprint density at radius 2 is 2.09 bits per heavy atom. The fraction of sp³-hybridized carbons (Fsp3) is 0.312. The van der Waals surface area contributed by atoms with Gasteiger partial charge >= 0.3 is 0 Å². The average molecular weight is 384 g/mol. The van der Waals surface area contributed by atoms with Crippen molar-refractivity contribution in [1.82, 2.24) is 0 Å². The summed E-state index contributed by atoms with van der Waals surface area (Å²) in [5.41, 5.74) is 2.96. The smallest absolute Gasteiger partial charge is 0.245 e. The van der Waals surface area contributed by atoms with Crippen LogP contribution in [0.2, 0.25) is 0 Å². The van der Waals surface area contributed by atoms with Crippen molar-refractivity contribution in [2.24, 2.45) is 5.16 Å². The van der Waals surface area contributed by atoms with Gasteiger partial charge in [0.25, 0.3) is 0 Å². The first kappa shape index (κ1) is 15.6. The summed E-state index contributed by atoms with van der Waals surface area (Å²) in [5.74, 6) is -2.51. The summed E-state index contributed by atoms with van der Waals surface area (Å²) < 4.78 is 15.4. The second-order valence-electron chi connectivity index (χ2n) is 5.62. The third-order valence-corrected chi connectivity index (χ3v) is 5.81. The molecule has 2 unspecified atom stereocenters. The first-order valence-corrected chi connectivity index (χ1v) is 8.47. The topological polar surface area (TPSA) is 41.8 Å². The second kappa shape index (κ2) is 5.44. The number of hydrogen-bond acceptors (Lipinski definition) is 4. The van der Waals surface area contributed by atoms with Gasteiger partial charge < -0.3 is 9.94 Å². The van der Waals surface area contributed by atoms with Crippen molar-refractivity contribution in [1.29, 1.82) is 0 Å². The summed E-state index contributed by atoms with van der Waals surface area (Å²) in [5, 5.41) is 16.3. The van der Waals surface area contributed by atoms with E-state index in [9.17, 15) is 9.50 Å². The molecule has 0 aliphatic carbocycles. The van der Waals surface area contributed by atoms with E-state index in [0.717, 1.165) is 15.6 Å². The number of thiophene rings is 1. The standard InChI is InChI=1S/C16H15BrFNO2S/c1-8-6-10(4-5-11(8)17)14-12(16(3,20)21-19-14)15-13(18)9(2)7-22-15/h4-7,12,20H,1-3H3.